The molecule has 186 valence electrons. The van der Waals surface area contributed by atoms with Crippen LogP contribution < -0.4 is 0 Å². The van der Waals surface area contributed by atoms with Crippen molar-refractivity contribution in [2.24, 2.45) is 16.7 Å². The van der Waals surface area contributed by atoms with Crippen molar-refractivity contribution in [1.82, 2.24) is 0 Å². The van der Waals surface area contributed by atoms with Crippen LogP contribution >= 0.6 is 0 Å². The van der Waals surface area contributed by atoms with Crippen LogP contribution in [0.5, 0.6) is 0 Å². The molecule has 0 amide bonds. The molecule has 3 rings (SSSR count). The lowest BCUT2D eigenvalue weighted by atomic mass is 9.70. The van der Waals surface area contributed by atoms with Gasteiger partial charge in [-0.25, -0.2) is 14.4 Å². The Bertz CT molecular complexity index is 1100. The number of Topliss-reactive ketones (excluding diaryl/α,β-unsaturated/α-hetero) is 1. The van der Waals surface area contributed by atoms with Crippen molar-refractivity contribution in [2.45, 2.75) is 51.4 Å². The molecule has 3 N–H and O–H groups in total. The minimum atomic E-state index is -4.76. The van der Waals surface area contributed by atoms with Gasteiger partial charge in [0.05, 0.1) is 11.2 Å². The number of fused-ring (bicyclic) bond motifs is 2. The Hall–Kier alpha value is -2.83. The second-order valence-corrected chi connectivity index (χ2v) is 10.8. The van der Waals surface area contributed by atoms with Crippen molar-refractivity contribution in [1.29, 1.82) is 0 Å². The topological polar surface area (TPSA) is 182 Å². The number of benzene rings is 1. The number of esters is 1. The molecule has 5 unspecified atom stereocenters. The number of hydrogen-bond donors (Lipinski definition) is 3. The van der Waals surface area contributed by atoms with Crippen LogP contribution in [0.15, 0.2) is 30.3 Å². The molecule has 2 saturated carbocycles. The van der Waals surface area contributed by atoms with E-state index in [1.165, 1.54) is 24.3 Å². The molecule has 2 bridgehead atoms. The van der Waals surface area contributed by atoms with Gasteiger partial charge in [0.25, 0.3) is 10.1 Å². The summed E-state index contributed by atoms with van der Waals surface area (Å²) in [6.07, 6.45) is -6.05. The molecule has 2 fully saturated rings. The minimum absolute atomic E-state index is 0.0160. The summed E-state index contributed by atoms with van der Waals surface area (Å²) < 4.78 is 35.1. The van der Waals surface area contributed by atoms with Crippen molar-refractivity contribution < 1.29 is 51.8 Å². The van der Waals surface area contributed by atoms with Gasteiger partial charge in [-0.2, -0.15) is 8.42 Å². The molecule has 0 spiro atoms. The summed E-state index contributed by atoms with van der Waals surface area (Å²) in [5, 5.41) is 29.1. The quantitative estimate of drug-likeness (QED) is 0.308. The predicted octanol–water partition coefficient (Wildman–Crippen LogP) is 0.911. The van der Waals surface area contributed by atoms with Crippen LogP contribution in [0.3, 0.4) is 0 Å². The van der Waals surface area contributed by atoms with Crippen LogP contribution in [0.25, 0.3) is 0 Å². The highest BCUT2D eigenvalue weighted by atomic mass is 32.2. The van der Waals surface area contributed by atoms with Gasteiger partial charge in [0.2, 0.25) is 12.2 Å². The van der Waals surface area contributed by atoms with Gasteiger partial charge in [0.1, 0.15) is 5.78 Å². The van der Waals surface area contributed by atoms with E-state index in [9.17, 15) is 42.9 Å². The average molecular weight is 499 g/mol. The number of ketones is 1. The number of aliphatic hydroxyl groups is 1. The van der Waals surface area contributed by atoms with Gasteiger partial charge >= 0.3 is 17.9 Å². The SMILES string of the molecule is CC1(C)C2CCC1(CS(=O)(=O)OC(C(=O)O)C(OC(=O)C(O)c1ccccc1)C(=O)O)C(=O)C2. The predicted molar refractivity (Wildman–Crippen MR) is 114 cm³/mol. The summed E-state index contributed by atoms with van der Waals surface area (Å²) in [4.78, 5) is 48.4. The third kappa shape index (κ3) is 4.57. The van der Waals surface area contributed by atoms with Crippen LogP contribution in [0.2, 0.25) is 0 Å². The van der Waals surface area contributed by atoms with Gasteiger partial charge in [-0.15, -0.1) is 0 Å². The zero-order valence-corrected chi connectivity index (χ0v) is 19.4. The number of aliphatic hydroxyl groups excluding tert-OH is 1. The lowest BCUT2D eigenvalue weighted by Gasteiger charge is -2.36. The van der Waals surface area contributed by atoms with E-state index >= 15 is 0 Å². The van der Waals surface area contributed by atoms with Gasteiger partial charge in [-0.1, -0.05) is 44.2 Å². The molecular formula is C22H26O11S. The Labute approximate surface area is 195 Å². The Morgan fingerprint density at radius 2 is 1.68 bits per heavy atom. The van der Waals surface area contributed by atoms with Gasteiger partial charge in [0.15, 0.2) is 6.10 Å². The van der Waals surface area contributed by atoms with Crippen molar-refractivity contribution in [3.05, 3.63) is 35.9 Å². The van der Waals surface area contributed by atoms with Crippen LogP contribution in [0, 0.1) is 16.7 Å². The Kier molecular flexibility index (Phi) is 6.89. The lowest BCUT2D eigenvalue weighted by Crippen LogP contribution is -2.49. The molecule has 0 saturated heterocycles. The van der Waals surface area contributed by atoms with E-state index in [0.717, 1.165) is 0 Å². The number of aliphatic carboxylic acids is 2. The summed E-state index contributed by atoms with van der Waals surface area (Å²) >= 11 is 0. The number of carboxylic acid groups (broad SMARTS) is 2. The number of hydrogen-bond acceptors (Lipinski definition) is 9. The number of rotatable bonds is 10. The molecule has 12 heteroatoms. The maximum atomic E-state index is 12.9. The van der Waals surface area contributed by atoms with Crippen molar-refractivity contribution in [3.63, 3.8) is 0 Å². The van der Waals surface area contributed by atoms with Gasteiger partial charge < -0.3 is 20.1 Å². The Morgan fingerprint density at radius 3 is 2.15 bits per heavy atom. The number of ether oxygens (including phenoxy) is 1. The maximum absolute atomic E-state index is 12.9. The normalized spacial score (nSPS) is 26.0. The summed E-state index contributed by atoms with van der Waals surface area (Å²) in [6, 6.07) is 7.30. The summed E-state index contributed by atoms with van der Waals surface area (Å²) in [5.41, 5.74) is -1.90. The van der Waals surface area contributed by atoms with Gasteiger partial charge in [0, 0.05) is 6.42 Å². The third-order valence-electron chi connectivity index (χ3n) is 7.16. The number of carbonyl (C=O) groups excluding carboxylic acids is 2. The molecule has 2 aliphatic rings. The first-order valence-electron chi connectivity index (χ1n) is 10.6. The fourth-order valence-electron chi connectivity index (χ4n) is 5.03. The average Bonchev–Trinajstić information content (AvgIpc) is 3.09. The minimum Gasteiger partial charge on any atom is -0.479 e. The fourth-order valence-corrected chi connectivity index (χ4v) is 6.87. The monoisotopic (exact) mass is 498 g/mol. The molecular weight excluding hydrogens is 472 g/mol. The molecule has 0 aliphatic heterocycles. The van der Waals surface area contributed by atoms with Crippen molar-refractivity contribution >= 4 is 33.8 Å². The molecule has 2 aliphatic carbocycles. The first-order valence-corrected chi connectivity index (χ1v) is 12.1. The Balaban J connectivity index is 1.82. The second kappa shape index (κ2) is 9.08. The molecule has 1 aromatic rings. The van der Waals surface area contributed by atoms with Crippen LogP contribution in [0.1, 0.15) is 44.8 Å². The van der Waals surface area contributed by atoms with E-state index < -0.39 is 62.9 Å². The van der Waals surface area contributed by atoms with Crippen LogP contribution in [0.4, 0.5) is 0 Å². The van der Waals surface area contributed by atoms with E-state index in [2.05, 4.69) is 4.74 Å². The molecule has 5 atom stereocenters. The summed E-state index contributed by atoms with van der Waals surface area (Å²) in [6.45, 7) is 3.54. The molecule has 11 nitrogen and oxygen atoms in total. The van der Waals surface area contributed by atoms with E-state index in [-0.39, 0.29) is 30.1 Å². The van der Waals surface area contributed by atoms with E-state index in [4.69, 9.17) is 4.18 Å². The Morgan fingerprint density at radius 1 is 1.09 bits per heavy atom. The largest absolute Gasteiger partial charge is 0.479 e. The van der Waals surface area contributed by atoms with Gasteiger partial charge in [-0.05, 0) is 29.7 Å². The lowest BCUT2D eigenvalue weighted by molar-refractivity contribution is -0.181. The molecule has 0 heterocycles. The van der Waals surface area contributed by atoms with Crippen LogP contribution in [-0.4, -0.2) is 65.4 Å². The highest BCUT2D eigenvalue weighted by molar-refractivity contribution is 7.86. The summed E-state index contributed by atoms with van der Waals surface area (Å²) in [7, 11) is -4.76. The van der Waals surface area contributed by atoms with Crippen molar-refractivity contribution in [3.8, 4) is 0 Å². The van der Waals surface area contributed by atoms with E-state index in [1.807, 2.05) is 0 Å². The standard InChI is InChI=1S/C22H26O11S/c1-21(2)13-8-9-22(21,14(23)10-13)11-34(30,31)33-17(19(27)28)16(18(25)26)32-20(29)15(24)12-6-4-3-5-7-12/h3-7,13,15-17,24H,8-11H2,1-2H3,(H,25,26)(H,27,28). The third-order valence-corrected chi connectivity index (χ3v) is 8.50. The first kappa shape index (κ1) is 25.8. The highest BCUT2D eigenvalue weighted by Gasteiger charge is 2.65. The molecule has 1 aromatic carbocycles. The van der Waals surface area contributed by atoms with Crippen LogP contribution in [-0.2, 0) is 38.2 Å². The second-order valence-electron chi connectivity index (χ2n) is 9.23. The van der Waals surface area contributed by atoms with Crippen molar-refractivity contribution in [2.75, 3.05) is 5.75 Å². The first-order chi connectivity index (χ1) is 15.7. The smallest absolute Gasteiger partial charge is 0.348 e. The zero-order valence-electron chi connectivity index (χ0n) is 18.5. The number of carboxylic acids is 2. The van der Waals surface area contributed by atoms with E-state index in [1.54, 1.807) is 19.9 Å². The highest BCUT2D eigenvalue weighted by Crippen LogP contribution is 2.64. The van der Waals surface area contributed by atoms with E-state index in [0.29, 0.717) is 6.42 Å². The van der Waals surface area contributed by atoms with Gasteiger partial charge in [-0.3, -0.25) is 8.98 Å². The molecule has 34 heavy (non-hydrogen) atoms. The zero-order chi connectivity index (χ0) is 25.5. The molecule has 0 radical (unpaired) electrons. The summed E-state index contributed by atoms with van der Waals surface area (Å²) in [5.74, 6) is -6.61. The maximum Gasteiger partial charge on any atom is 0.348 e. The molecule has 0 aromatic heterocycles. The fraction of sp³-hybridized carbons (Fsp3) is 0.545. The number of carbonyl (C=O) groups is 4.